The molecule has 1 aliphatic rings. The zero-order chi connectivity index (χ0) is 33.3. The van der Waals surface area contributed by atoms with Gasteiger partial charge in [0, 0.05) is 47.2 Å². The molecule has 2 N–H and O–H groups in total. The molecule has 0 bridgehead atoms. The van der Waals surface area contributed by atoms with Gasteiger partial charge in [-0.25, -0.2) is 4.21 Å². The Kier molecular flexibility index (Phi) is 24.2. The van der Waals surface area contributed by atoms with Crippen molar-refractivity contribution in [3.05, 3.63) is 87.4 Å². The molecule has 1 atom stereocenters. The van der Waals surface area contributed by atoms with Gasteiger partial charge in [0.25, 0.3) is 0 Å². The average Bonchev–Trinajstić information content (AvgIpc) is 3.00. The van der Waals surface area contributed by atoms with Crippen LogP contribution in [0.3, 0.4) is 0 Å². The fraction of sp³-hybridized carbons (Fsp3) is 0.412. The molecule has 0 spiro atoms. The molecule has 10 heteroatoms. The number of nitrogens with zero attached hydrogens (tertiary/aromatic N) is 1. The number of halogens is 3. The van der Waals surface area contributed by atoms with Crippen LogP contribution in [0.4, 0.5) is 17.1 Å². The van der Waals surface area contributed by atoms with Gasteiger partial charge in [-0.1, -0.05) is 75.4 Å². The van der Waals surface area contributed by atoms with E-state index >= 15 is 0 Å². The Balaban J connectivity index is 0.000000583. The van der Waals surface area contributed by atoms with Gasteiger partial charge in [0.05, 0.1) is 10.7 Å². The number of carbonyl (C=O) groups is 2. The number of hydrogen-bond acceptors (Lipinski definition) is 4. The molecule has 6 nitrogen and oxygen atoms in total. The number of unbranched alkanes of at least 4 members (excludes halogenated alkanes) is 2. The quantitative estimate of drug-likeness (QED) is 0.192. The lowest BCUT2D eigenvalue weighted by atomic mass is 10.1. The fourth-order valence-electron chi connectivity index (χ4n) is 3.70. The Hall–Kier alpha value is -2.58. The minimum absolute atomic E-state index is 0.529. The van der Waals surface area contributed by atoms with Gasteiger partial charge in [0.1, 0.15) is 17.3 Å². The van der Waals surface area contributed by atoms with Gasteiger partial charge < -0.3 is 10.6 Å². The van der Waals surface area contributed by atoms with Crippen molar-refractivity contribution in [1.82, 2.24) is 0 Å². The summed E-state index contributed by atoms with van der Waals surface area (Å²) in [6, 6.07) is 18.7. The van der Waals surface area contributed by atoms with E-state index < -0.39 is 11.0 Å². The highest BCUT2D eigenvalue weighted by molar-refractivity contribution is 7.86. The third kappa shape index (κ3) is 17.6. The van der Waals surface area contributed by atoms with Crippen LogP contribution in [0.1, 0.15) is 74.4 Å². The van der Waals surface area contributed by atoms with Crippen LogP contribution in [0.5, 0.6) is 0 Å². The van der Waals surface area contributed by atoms with E-state index in [4.69, 9.17) is 34.8 Å². The summed E-state index contributed by atoms with van der Waals surface area (Å²) in [5.41, 5.74) is 5.32. The molecule has 0 saturated carbocycles. The van der Waals surface area contributed by atoms with E-state index in [-0.39, 0.29) is 0 Å². The van der Waals surface area contributed by atoms with E-state index in [1.165, 1.54) is 24.8 Å². The minimum atomic E-state index is -0.901. The number of carbonyl (C=O) groups excluding carboxylic acids is 2. The van der Waals surface area contributed by atoms with E-state index in [9.17, 15) is 13.8 Å². The van der Waals surface area contributed by atoms with E-state index in [1.54, 1.807) is 25.2 Å². The summed E-state index contributed by atoms with van der Waals surface area (Å²) < 4.78 is 13.7. The van der Waals surface area contributed by atoms with Crippen molar-refractivity contribution in [1.29, 1.82) is 0 Å². The van der Waals surface area contributed by atoms with Crippen LogP contribution in [0.15, 0.2) is 60.7 Å². The maximum atomic E-state index is 11.8. The summed E-state index contributed by atoms with van der Waals surface area (Å²) in [5.74, 6) is 1.47. The molecule has 1 heterocycles. The lowest BCUT2D eigenvalue weighted by Gasteiger charge is -2.27. The first-order chi connectivity index (χ1) is 21.1. The second-order valence-corrected chi connectivity index (χ2v) is 12.5. The maximum Gasteiger partial charge on any atom is 0.211 e. The number of anilines is 3. The molecule has 1 fully saturated rings. The number of benzene rings is 3. The van der Waals surface area contributed by atoms with Crippen molar-refractivity contribution < 1.29 is 13.8 Å². The molecule has 244 valence electrons. The molecule has 44 heavy (non-hydrogen) atoms. The van der Waals surface area contributed by atoms with Crippen LogP contribution < -0.4 is 14.9 Å². The molecule has 1 aliphatic heterocycles. The monoisotopic (exact) mass is 683 g/mol. The number of aldehydes is 1. The summed E-state index contributed by atoms with van der Waals surface area (Å²) in [6.45, 7) is 11.1. The van der Waals surface area contributed by atoms with Crippen molar-refractivity contribution in [2.45, 2.75) is 66.7 Å². The predicted molar refractivity (Wildman–Crippen MR) is 195 cm³/mol. The normalized spacial score (nSPS) is 13.1. The first-order valence-electron chi connectivity index (χ1n) is 14.8. The second-order valence-electron chi connectivity index (χ2n) is 9.62. The van der Waals surface area contributed by atoms with Crippen molar-refractivity contribution in [3.63, 3.8) is 0 Å². The largest absolute Gasteiger partial charge is 0.388 e. The third-order valence-electron chi connectivity index (χ3n) is 6.00. The predicted octanol–water partition coefficient (Wildman–Crippen LogP) is 10.1. The molecule has 0 aromatic heterocycles. The van der Waals surface area contributed by atoms with Crippen LogP contribution in [0, 0.1) is 13.8 Å². The van der Waals surface area contributed by atoms with Gasteiger partial charge in [-0.05, 0) is 86.3 Å². The van der Waals surface area contributed by atoms with Crippen LogP contribution in [0.25, 0.3) is 0 Å². The molecular weight excluding hydrogens is 637 g/mol. The zero-order valence-electron chi connectivity index (χ0n) is 26.8. The molecule has 0 aliphatic carbocycles. The van der Waals surface area contributed by atoms with Gasteiger partial charge >= 0.3 is 0 Å². The topological polar surface area (TPSA) is 78.5 Å². The fourth-order valence-corrected chi connectivity index (χ4v) is 5.47. The summed E-state index contributed by atoms with van der Waals surface area (Å²) in [4.78, 5) is 20.8. The summed E-state index contributed by atoms with van der Waals surface area (Å²) in [6.07, 6.45) is 7.65. The molecule has 0 radical (unpaired) electrons. The third-order valence-corrected chi connectivity index (χ3v) is 8.09. The van der Waals surface area contributed by atoms with Crippen LogP contribution >= 0.6 is 34.8 Å². The maximum absolute atomic E-state index is 11.8. The van der Waals surface area contributed by atoms with Crippen molar-refractivity contribution in [3.8, 4) is 0 Å². The Morgan fingerprint density at radius 1 is 0.932 bits per heavy atom. The van der Waals surface area contributed by atoms with E-state index in [1.807, 2.05) is 67.5 Å². The minimum Gasteiger partial charge on any atom is -0.388 e. The average molecular weight is 685 g/mol. The van der Waals surface area contributed by atoms with Crippen molar-refractivity contribution >= 4 is 75.5 Å². The smallest absolute Gasteiger partial charge is 0.211 e. The summed E-state index contributed by atoms with van der Waals surface area (Å²) in [7, 11) is 0.899. The SMILES string of the molecule is CCCCC.CCCl.CNc1ccc(Cl)c(NC=O)c1.Cc1cc(N2CCCCS2=O)ccc1C=O.Cc1cccc(Cl)c1. The van der Waals surface area contributed by atoms with Gasteiger partial charge in [-0.3, -0.25) is 13.9 Å². The number of amides is 1. The molecule has 1 unspecified atom stereocenters. The summed E-state index contributed by atoms with van der Waals surface area (Å²) in [5, 5.41) is 6.78. The number of alkyl halides is 1. The Labute approximate surface area is 282 Å². The van der Waals surface area contributed by atoms with Crippen LogP contribution in [-0.2, 0) is 15.8 Å². The zero-order valence-corrected chi connectivity index (χ0v) is 29.9. The van der Waals surface area contributed by atoms with Gasteiger partial charge in [0.2, 0.25) is 6.41 Å². The lowest BCUT2D eigenvalue weighted by Crippen LogP contribution is -2.32. The van der Waals surface area contributed by atoms with Gasteiger partial charge in [-0.15, -0.1) is 11.6 Å². The lowest BCUT2D eigenvalue weighted by molar-refractivity contribution is -0.105. The molecule has 1 amide bonds. The van der Waals surface area contributed by atoms with Crippen LogP contribution in [0.2, 0.25) is 10.0 Å². The van der Waals surface area contributed by atoms with Crippen LogP contribution in [-0.4, -0.2) is 42.1 Å². The molecule has 1 saturated heterocycles. The van der Waals surface area contributed by atoms with Crippen molar-refractivity contribution in [2.75, 3.05) is 40.2 Å². The van der Waals surface area contributed by atoms with Gasteiger partial charge in [-0.2, -0.15) is 0 Å². The number of hydrogen-bond donors (Lipinski definition) is 2. The van der Waals surface area contributed by atoms with E-state index in [2.05, 4.69) is 24.5 Å². The highest BCUT2D eigenvalue weighted by Crippen LogP contribution is 2.25. The Morgan fingerprint density at radius 2 is 1.61 bits per heavy atom. The highest BCUT2D eigenvalue weighted by atomic mass is 35.5. The van der Waals surface area contributed by atoms with Gasteiger partial charge in [0.15, 0.2) is 0 Å². The van der Waals surface area contributed by atoms with Crippen molar-refractivity contribution in [2.24, 2.45) is 0 Å². The summed E-state index contributed by atoms with van der Waals surface area (Å²) >= 11 is 16.4. The van der Waals surface area contributed by atoms with E-state index in [0.717, 1.165) is 59.3 Å². The standard InChI is InChI=1S/C12H15NO2S.C8H9ClN2O.C7H7Cl.C5H12.C2H5Cl/c1-10-8-12(5-4-11(10)9-14)13-6-2-3-7-16(13)15;1-10-6-2-3-7(9)8(4-6)11-5-12;1-6-3-2-4-7(8)5-6;1-3-5-4-2;1-2-3/h4-5,8-9H,2-3,6-7H2,1H3;2-5,10H,1H3,(H,11,12);2-5H,1H3;3-5H2,1-2H3;2H2,1H3. The first-order valence-corrected chi connectivity index (χ1v) is 17.4. The number of rotatable bonds is 7. The van der Waals surface area contributed by atoms with E-state index in [0.29, 0.717) is 22.7 Å². The highest BCUT2D eigenvalue weighted by Gasteiger charge is 2.18. The number of nitrogens with one attached hydrogen (secondary N) is 2. The molecule has 3 aromatic rings. The number of aryl methyl sites for hydroxylation is 2. The first kappa shape index (κ1) is 41.4. The molecule has 4 rings (SSSR count). The molecular formula is C34H48Cl3N3O3S. The molecule has 3 aromatic carbocycles. The Bertz CT molecular complexity index is 1240. The Morgan fingerprint density at radius 3 is 2.07 bits per heavy atom. The second kappa shape index (κ2) is 25.7.